The van der Waals surface area contributed by atoms with Crippen molar-refractivity contribution in [1.29, 1.82) is 0 Å². The number of hydrogen-bond acceptors (Lipinski definition) is 9. The molecule has 3 N–H and O–H groups in total. The maximum Gasteiger partial charge on any atom is 0.245 e. The summed E-state index contributed by atoms with van der Waals surface area (Å²) in [6, 6.07) is 14.4. The van der Waals surface area contributed by atoms with E-state index in [4.69, 9.17) is 14.2 Å². The molecule has 1 saturated heterocycles. The minimum Gasteiger partial charge on any atom is -0.491 e. The van der Waals surface area contributed by atoms with Crippen molar-refractivity contribution >= 4 is 23.6 Å². The number of benzene rings is 2. The summed E-state index contributed by atoms with van der Waals surface area (Å²) < 4.78 is 17.8. The number of methoxy groups -OCH3 is 2. The van der Waals surface area contributed by atoms with Gasteiger partial charge in [-0.25, -0.2) is 0 Å². The Bertz CT molecular complexity index is 1690. The zero-order valence-corrected chi connectivity index (χ0v) is 40.1. The molecule has 3 rings (SSSR count). The first-order valence-electron chi connectivity index (χ1n) is 22.7. The van der Waals surface area contributed by atoms with Crippen LogP contribution in [0.15, 0.2) is 54.6 Å². The van der Waals surface area contributed by atoms with Crippen molar-refractivity contribution in [2.45, 2.75) is 156 Å². The van der Waals surface area contributed by atoms with Crippen molar-refractivity contribution in [3.63, 3.8) is 0 Å². The molecule has 0 unspecified atom stereocenters. The lowest BCUT2D eigenvalue weighted by molar-refractivity contribution is -0.148. The topological polar surface area (TPSA) is 150 Å². The molecule has 0 aliphatic carbocycles. The monoisotopic (exact) mass is 866 g/mol. The number of aliphatic hydroxyl groups is 1. The molecule has 0 aromatic heterocycles. The molecular weight excluding hydrogens is 787 g/mol. The van der Waals surface area contributed by atoms with Gasteiger partial charge >= 0.3 is 0 Å². The van der Waals surface area contributed by atoms with Gasteiger partial charge in [-0.05, 0) is 81.7 Å². The number of rotatable bonds is 24. The SMILES string of the molecule is CC[C@H](C)[C@@H]([C@@H](CC(=O)N1CCC[C@H]1[C@H](OC)[C@@H](C)C(=O)N[C@H](C)[C@@H](O)c1ccccc1)OC)N(C)C(=O)[C@@H](NC(=O)[C@H](C(C)C)N(C)Cc1ccc(OC(C)C)cc1)C(C)C. The molecule has 13 heteroatoms. The Morgan fingerprint density at radius 1 is 0.839 bits per heavy atom. The second-order valence-electron chi connectivity index (χ2n) is 18.4. The largest absolute Gasteiger partial charge is 0.491 e. The number of hydrogen-bond donors (Lipinski definition) is 3. The highest BCUT2D eigenvalue weighted by atomic mass is 16.5. The number of ether oxygens (including phenoxy) is 3. The van der Waals surface area contributed by atoms with Crippen LogP contribution in [0.1, 0.15) is 112 Å². The minimum absolute atomic E-state index is 0.0143. The summed E-state index contributed by atoms with van der Waals surface area (Å²) in [6.07, 6.45) is 0.0997. The normalized spacial score (nSPS) is 18.8. The van der Waals surface area contributed by atoms with Gasteiger partial charge in [-0.2, -0.15) is 0 Å². The second-order valence-corrected chi connectivity index (χ2v) is 18.4. The van der Waals surface area contributed by atoms with E-state index in [1.165, 1.54) is 0 Å². The van der Waals surface area contributed by atoms with E-state index in [2.05, 4.69) is 17.6 Å². The van der Waals surface area contributed by atoms with Crippen LogP contribution in [0.4, 0.5) is 0 Å². The van der Waals surface area contributed by atoms with Crippen LogP contribution in [0.3, 0.4) is 0 Å². The lowest BCUT2D eigenvalue weighted by Crippen LogP contribution is -2.60. The van der Waals surface area contributed by atoms with Crippen molar-refractivity contribution in [3.05, 3.63) is 65.7 Å². The van der Waals surface area contributed by atoms with Crippen molar-refractivity contribution in [1.82, 2.24) is 25.3 Å². The fourth-order valence-electron chi connectivity index (χ4n) is 9.00. The van der Waals surface area contributed by atoms with Crippen LogP contribution in [-0.4, -0.2) is 127 Å². The molecule has 0 radical (unpaired) electrons. The van der Waals surface area contributed by atoms with Gasteiger partial charge in [-0.15, -0.1) is 0 Å². The van der Waals surface area contributed by atoms with E-state index in [0.29, 0.717) is 25.1 Å². The summed E-state index contributed by atoms with van der Waals surface area (Å²) in [4.78, 5) is 62.1. The summed E-state index contributed by atoms with van der Waals surface area (Å²) in [5.41, 5.74) is 1.75. The highest BCUT2D eigenvalue weighted by Crippen LogP contribution is 2.30. The number of carbonyl (C=O) groups is 4. The molecule has 2 aromatic rings. The lowest BCUT2D eigenvalue weighted by atomic mass is 9.89. The number of aliphatic hydroxyl groups excluding tert-OH is 1. The van der Waals surface area contributed by atoms with Crippen LogP contribution in [0, 0.1) is 23.7 Å². The lowest BCUT2D eigenvalue weighted by Gasteiger charge is -2.41. The predicted molar refractivity (Wildman–Crippen MR) is 244 cm³/mol. The Balaban J connectivity index is 1.76. The Hall–Kier alpha value is -4.04. The summed E-state index contributed by atoms with van der Waals surface area (Å²) in [5.74, 6) is -1.02. The highest BCUT2D eigenvalue weighted by Gasteiger charge is 2.43. The third-order valence-corrected chi connectivity index (χ3v) is 12.6. The van der Waals surface area contributed by atoms with Gasteiger partial charge in [0, 0.05) is 34.4 Å². The molecule has 1 fully saturated rings. The summed E-state index contributed by atoms with van der Waals surface area (Å²) in [6.45, 7) is 20.5. The standard InChI is InChI=1S/C49H79N5O8/c1-15-33(8)44(53(12)49(59)42(30(2)3)51-48(58)43(31(4)5)52(11)29-36-23-25-38(26-24-36)62-32(6)7)40(60-13)28-41(55)54-27-19-22-39(54)46(61-14)34(9)47(57)50-35(10)45(56)37-20-17-16-18-21-37/h16-18,20-21,23-26,30-35,39-40,42-46,56H,15,19,22,27-29H2,1-14H3,(H,50,57)(H,51,58)/t33-,34+,35+,39-,40+,42-,43-,44-,45+,46+/m0/s1. The quantitative estimate of drug-likeness (QED) is 0.112. The first-order chi connectivity index (χ1) is 29.3. The highest BCUT2D eigenvalue weighted by molar-refractivity contribution is 5.90. The van der Waals surface area contributed by atoms with Crippen LogP contribution in [0.5, 0.6) is 5.75 Å². The molecule has 1 aliphatic rings. The van der Waals surface area contributed by atoms with Crippen LogP contribution in [0.2, 0.25) is 0 Å². The molecule has 62 heavy (non-hydrogen) atoms. The number of likely N-dealkylation sites (N-methyl/N-ethyl adjacent to an activating group) is 2. The van der Waals surface area contributed by atoms with E-state index in [9.17, 15) is 24.3 Å². The Morgan fingerprint density at radius 3 is 2.00 bits per heavy atom. The number of amides is 4. The summed E-state index contributed by atoms with van der Waals surface area (Å²) in [5, 5.41) is 17.0. The van der Waals surface area contributed by atoms with Gasteiger partial charge in [0.2, 0.25) is 23.6 Å². The fraction of sp³-hybridized carbons (Fsp3) is 0.673. The number of nitrogens with one attached hydrogen (secondary N) is 2. The van der Waals surface area contributed by atoms with Gasteiger partial charge in [-0.1, -0.05) is 97.4 Å². The zero-order chi connectivity index (χ0) is 46.4. The summed E-state index contributed by atoms with van der Waals surface area (Å²) in [7, 11) is 6.79. The molecule has 4 amide bonds. The molecule has 1 heterocycles. The van der Waals surface area contributed by atoms with Gasteiger partial charge in [0.05, 0.1) is 60.9 Å². The average Bonchev–Trinajstić information content (AvgIpc) is 3.72. The molecule has 0 spiro atoms. The average molecular weight is 866 g/mol. The van der Waals surface area contributed by atoms with E-state index in [-0.39, 0.29) is 59.9 Å². The molecule has 0 bridgehead atoms. The van der Waals surface area contributed by atoms with Gasteiger partial charge in [0.25, 0.3) is 0 Å². The molecule has 1 aliphatic heterocycles. The number of carbonyl (C=O) groups excluding carboxylic acids is 4. The Kier molecular flexibility index (Phi) is 20.8. The molecule has 2 aromatic carbocycles. The first kappa shape index (κ1) is 52.3. The zero-order valence-electron chi connectivity index (χ0n) is 40.1. The summed E-state index contributed by atoms with van der Waals surface area (Å²) >= 11 is 0. The van der Waals surface area contributed by atoms with Crippen molar-refractivity contribution < 1.29 is 38.5 Å². The van der Waals surface area contributed by atoms with E-state index in [1.807, 2.05) is 115 Å². The van der Waals surface area contributed by atoms with Crippen molar-refractivity contribution in [3.8, 4) is 5.75 Å². The van der Waals surface area contributed by atoms with Crippen LogP contribution < -0.4 is 15.4 Å². The Morgan fingerprint density at radius 2 is 1.47 bits per heavy atom. The third kappa shape index (κ3) is 14.0. The maximum atomic E-state index is 14.6. The van der Waals surface area contributed by atoms with Gasteiger partial charge in [-0.3, -0.25) is 24.1 Å². The van der Waals surface area contributed by atoms with E-state index in [1.54, 1.807) is 44.9 Å². The third-order valence-electron chi connectivity index (χ3n) is 12.6. The first-order valence-corrected chi connectivity index (χ1v) is 22.7. The van der Waals surface area contributed by atoms with E-state index < -0.39 is 48.4 Å². The molecule has 10 atom stereocenters. The molecular formula is C49H79N5O8. The van der Waals surface area contributed by atoms with Gasteiger partial charge in [0.1, 0.15) is 11.8 Å². The smallest absolute Gasteiger partial charge is 0.245 e. The molecule has 348 valence electrons. The fourth-order valence-corrected chi connectivity index (χ4v) is 9.00. The Labute approximate surface area is 372 Å². The minimum atomic E-state index is -0.886. The molecule has 13 nitrogen and oxygen atoms in total. The number of likely N-dealkylation sites (tertiary alicyclic amines) is 1. The number of nitrogens with zero attached hydrogens (tertiary/aromatic N) is 3. The van der Waals surface area contributed by atoms with Crippen molar-refractivity contribution in [2.75, 3.05) is 34.9 Å². The van der Waals surface area contributed by atoms with Gasteiger partial charge < -0.3 is 39.8 Å². The van der Waals surface area contributed by atoms with Crippen LogP contribution in [-0.2, 0) is 35.2 Å². The van der Waals surface area contributed by atoms with E-state index >= 15 is 0 Å². The predicted octanol–water partition coefficient (Wildman–Crippen LogP) is 6.23. The maximum absolute atomic E-state index is 14.6. The van der Waals surface area contributed by atoms with Crippen LogP contribution in [0.25, 0.3) is 0 Å². The van der Waals surface area contributed by atoms with Gasteiger partial charge in [0.15, 0.2) is 0 Å². The van der Waals surface area contributed by atoms with Crippen LogP contribution >= 0.6 is 0 Å². The van der Waals surface area contributed by atoms with E-state index in [0.717, 1.165) is 24.2 Å². The second kappa shape index (κ2) is 24.7. The van der Waals surface area contributed by atoms with Crippen molar-refractivity contribution in [2.24, 2.45) is 23.7 Å². The molecule has 0 saturated carbocycles.